The zero-order valence-electron chi connectivity index (χ0n) is 8.94. The van der Waals surface area contributed by atoms with Crippen molar-refractivity contribution < 1.29 is 13.2 Å². The Morgan fingerprint density at radius 1 is 1.36 bits per heavy atom. The summed E-state index contributed by atoms with van der Waals surface area (Å²) in [5.41, 5.74) is 0. The Labute approximate surface area is 85.1 Å². The van der Waals surface area contributed by atoms with Gasteiger partial charge in [-0.25, -0.2) is 0 Å². The van der Waals surface area contributed by atoms with Gasteiger partial charge in [-0.15, -0.1) is 0 Å². The average molecular weight is 223 g/mol. The van der Waals surface area contributed by atoms with E-state index in [0.29, 0.717) is 0 Å². The van der Waals surface area contributed by atoms with Gasteiger partial charge in [-0.3, -0.25) is 4.79 Å². The van der Waals surface area contributed by atoms with Crippen molar-refractivity contribution in [2.24, 2.45) is 0 Å². The van der Waals surface area contributed by atoms with Crippen LogP contribution in [0.4, 0.5) is 0 Å². The fourth-order valence-corrected chi connectivity index (χ4v) is 1.90. The SMILES string of the molecule is CCN(CC(=O)NC)S(=O)(=O)N(C)C. The fourth-order valence-electron chi connectivity index (χ4n) is 0.827. The molecule has 0 heterocycles. The van der Waals surface area contributed by atoms with Crippen molar-refractivity contribution >= 4 is 16.1 Å². The van der Waals surface area contributed by atoms with E-state index in [2.05, 4.69) is 5.32 Å². The van der Waals surface area contributed by atoms with Crippen molar-refractivity contribution in [1.29, 1.82) is 0 Å². The third-order valence-electron chi connectivity index (χ3n) is 1.74. The predicted molar refractivity (Wildman–Crippen MR) is 53.9 cm³/mol. The lowest BCUT2D eigenvalue weighted by atomic mass is 10.6. The van der Waals surface area contributed by atoms with Gasteiger partial charge in [0.15, 0.2) is 0 Å². The smallest absolute Gasteiger partial charge is 0.281 e. The Kier molecular flexibility index (Phi) is 5.03. The standard InChI is InChI=1S/C7H17N3O3S/c1-5-10(6-7(11)8-2)14(12,13)9(3)4/h5-6H2,1-4H3,(H,8,11). The summed E-state index contributed by atoms with van der Waals surface area (Å²) in [5.74, 6) is -0.322. The zero-order chi connectivity index (χ0) is 11.4. The van der Waals surface area contributed by atoms with E-state index in [4.69, 9.17) is 0 Å². The molecule has 0 aromatic rings. The molecule has 0 aliphatic rings. The van der Waals surface area contributed by atoms with E-state index in [1.165, 1.54) is 21.1 Å². The summed E-state index contributed by atoms with van der Waals surface area (Å²) in [7, 11) is 0.847. The molecule has 0 saturated heterocycles. The second kappa shape index (κ2) is 5.28. The lowest BCUT2D eigenvalue weighted by Crippen LogP contribution is -2.44. The molecule has 1 N–H and O–H groups in total. The maximum absolute atomic E-state index is 11.6. The van der Waals surface area contributed by atoms with Gasteiger partial charge in [0.25, 0.3) is 10.2 Å². The Morgan fingerprint density at radius 2 is 1.86 bits per heavy atom. The van der Waals surface area contributed by atoms with Crippen LogP contribution in [0.1, 0.15) is 6.92 Å². The second-order valence-corrected chi connectivity index (χ2v) is 5.03. The predicted octanol–water partition coefficient (Wildman–Crippen LogP) is -1.14. The van der Waals surface area contributed by atoms with E-state index < -0.39 is 10.2 Å². The molecule has 0 fully saturated rings. The molecule has 0 aliphatic carbocycles. The maximum atomic E-state index is 11.6. The van der Waals surface area contributed by atoms with Crippen LogP contribution >= 0.6 is 0 Å². The average Bonchev–Trinajstić information content (AvgIpc) is 2.12. The van der Waals surface area contributed by atoms with Gasteiger partial charge in [0.1, 0.15) is 0 Å². The molecular weight excluding hydrogens is 206 g/mol. The van der Waals surface area contributed by atoms with Crippen LogP contribution in [-0.2, 0) is 15.0 Å². The Hall–Kier alpha value is -0.660. The van der Waals surface area contributed by atoms with E-state index in [-0.39, 0.29) is 19.0 Å². The number of carbonyl (C=O) groups is 1. The number of hydrogen-bond acceptors (Lipinski definition) is 3. The Morgan fingerprint density at radius 3 is 2.14 bits per heavy atom. The molecule has 0 radical (unpaired) electrons. The molecule has 6 nitrogen and oxygen atoms in total. The minimum Gasteiger partial charge on any atom is -0.358 e. The highest BCUT2D eigenvalue weighted by Gasteiger charge is 2.24. The second-order valence-electron chi connectivity index (χ2n) is 2.89. The lowest BCUT2D eigenvalue weighted by Gasteiger charge is -2.23. The monoisotopic (exact) mass is 223 g/mol. The molecule has 0 aromatic carbocycles. The molecule has 0 unspecified atom stereocenters. The quantitative estimate of drug-likeness (QED) is 0.640. The van der Waals surface area contributed by atoms with E-state index >= 15 is 0 Å². The minimum atomic E-state index is -3.49. The van der Waals surface area contributed by atoms with E-state index in [1.807, 2.05) is 0 Å². The van der Waals surface area contributed by atoms with E-state index in [0.717, 1.165) is 8.61 Å². The van der Waals surface area contributed by atoms with Crippen LogP contribution in [0.3, 0.4) is 0 Å². The molecule has 0 saturated carbocycles. The van der Waals surface area contributed by atoms with Gasteiger partial charge in [0, 0.05) is 27.7 Å². The van der Waals surface area contributed by atoms with Crippen molar-refractivity contribution in [3.8, 4) is 0 Å². The molecule has 84 valence electrons. The van der Waals surface area contributed by atoms with E-state index in [9.17, 15) is 13.2 Å². The van der Waals surface area contributed by atoms with Crippen molar-refractivity contribution in [2.45, 2.75) is 6.92 Å². The van der Waals surface area contributed by atoms with Crippen LogP contribution < -0.4 is 5.32 Å². The fraction of sp³-hybridized carbons (Fsp3) is 0.857. The molecule has 0 rings (SSSR count). The number of likely N-dealkylation sites (N-methyl/N-ethyl adjacent to an activating group) is 2. The highest BCUT2D eigenvalue weighted by Crippen LogP contribution is 2.02. The number of carbonyl (C=O) groups excluding carboxylic acids is 1. The maximum Gasteiger partial charge on any atom is 0.281 e. The van der Waals surface area contributed by atoms with Crippen LogP contribution in [0, 0.1) is 0 Å². The Bertz CT molecular complexity index is 287. The molecule has 1 amide bonds. The molecule has 0 aliphatic heterocycles. The van der Waals surface area contributed by atoms with Crippen molar-refractivity contribution in [2.75, 3.05) is 34.2 Å². The Balaban J connectivity index is 4.66. The third kappa shape index (κ3) is 3.24. The number of hydrogen-bond donors (Lipinski definition) is 1. The van der Waals surface area contributed by atoms with Crippen LogP contribution in [0.2, 0.25) is 0 Å². The van der Waals surface area contributed by atoms with Crippen LogP contribution in [0.5, 0.6) is 0 Å². The molecule has 0 spiro atoms. The number of nitrogens with zero attached hydrogens (tertiary/aromatic N) is 2. The summed E-state index contributed by atoms with van der Waals surface area (Å²) in [4.78, 5) is 11.0. The summed E-state index contributed by atoms with van der Waals surface area (Å²) in [6, 6.07) is 0. The van der Waals surface area contributed by atoms with Crippen molar-refractivity contribution in [3.05, 3.63) is 0 Å². The van der Waals surface area contributed by atoms with Crippen LogP contribution in [-0.4, -0.2) is 57.2 Å². The lowest BCUT2D eigenvalue weighted by molar-refractivity contribution is -0.120. The number of nitrogens with one attached hydrogen (secondary N) is 1. The van der Waals surface area contributed by atoms with Crippen molar-refractivity contribution in [1.82, 2.24) is 13.9 Å². The first-order valence-corrected chi connectivity index (χ1v) is 5.64. The molecular formula is C7H17N3O3S. The normalized spacial score (nSPS) is 12.1. The van der Waals surface area contributed by atoms with Gasteiger partial charge >= 0.3 is 0 Å². The van der Waals surface area contributed by atoms with Crippen LogP contribution in [0.15, 0.2) is 0 Å². The van der Waals surface area contributed by atoms with Crippen LogP contribution in [0.25, 0.3) is 0 Å². The van der Waals surface area contributed by atoms with Gasteiger partial charge in [-0.1, -0.05) is 6.92 Å². The summed E-state index contributed by atoms with van der Waals surface area (Å²) in [6.07, 6.45) is 0. The van der Waals surface area contributed by atoms with Gasteiger partial charge in [0.2, 0.25) is 5.91 Å². The first-order chi connectivity index (χ1) is 6.36. The van der Waals surface area contributed by atoms with Crippen molar-refractivity contribution in [3.63, 3.8) is 0 Å². The highest BCUT2D eigenvalue weighted by molar-refractivity contribution is 7.86. The summed E-state index contributed by atoms with van der Waals surface area (Å²) < 4.78 is 25.4. The third-order valence-corrected chi connectivity index (χ3v) is 3.70. The molecule has 0 bridgehead atoms. The van der Waals surface area contributed by atoms with E-state index in [1.54, 1.807) is 6.92 Å². The topological polar surface area (TPSA) is 69.7 Å². The first-order valence-electron chi connectivity index (χ1n) is 4.24. The summed E-state index contributed by atoms with van der Waals surface area (Å²) >= 11 is 0. The van der Waals surface area contributed by atoms with Gasteiger partial charge in [-0.2, -0.15) is 17.0 Å². The molecule has 7 heteroatoms. The summed E-state index contributed by atoms with van der Waals surface area (Å²) in [5, 5.41) is 2.38. The molecule has 0 atom stereocenters. The van der Waals surface area contributed by atoms with Gasteiger partial charge in [0.05, 0.1) is 6.54 Å². The first kappa shape index (κ1) is 13.3. The zero-order valence-corrected chi connectivity index (χ0v) is 9.76. The molecule has 14 heavy (non-hydrogen) atoms. The number of amides is 1. The minimum absolute atomic E-state index is 0.145. The number of rotatable bonds is 5. The molecule has 0 aromatic heterocycles. The van der Waals surface area contributed by atoms with Gasteiger partial charge in [-0.05, 0) is 0 Å². The van der Waals surface area contributed by atoms with Gasteiger partial charge < -0.3 is 5.32 Å². The summed E-state index contributed by atoms with van der Waals surface area (Å²) in [6.45, 7) is 1.81. The largest absolute Gasteiger partial charge is 0.358 e. The highest BCUT2D eigenvalue weighted by atomic mass is 32.2.